The maximum Gasteiger partial charge on any atom is 0.312 e. The van der Waals surface area contributed by atoms with Crippen molar-refractivity contribution in [2.75, 3.05) is 6.54 Å². The van der Waals surface area contributed by atoms with Gasteiger partial charge in [-0.15, -0.1) is 11.3 Å². The zero-order valence-corrected chi connectivity index (χ0v) is 14.8. The number of aliphatic carboxylic acids is 1. The van der Waals surface area contributed by atoms with Gasteiger partial charge in [-0.05, 0) is 11.1 Å². The predicted molar refractivity (Wildman–Crippen MR) is 92.4 cm³/mol. The van der Waals surface area contributed by atoms with E-state index in [0.717, 1.165) is 16.1 Å². The lowest BCUT2D eigenvalue weighted by Crippen LogP contribution is -2.40. The minimum absolute atomic E-state index is 0.110. The average Bonchev–Trinajstić information content (AvgIpc) is 3.03. The number of hydrogen-bond donors (Lipinski definition) is 1. The third kappa shape index (κ3) is 3.06. The smallest absolute Gasteiger partial charge is 0.312 e. The topological polar surface area (TPSA) is 70.5 Å². The number of hydrogen-bond acceptors (Lipinski definition) is 4. The van der Waals surface area contributed by atoms with Gasteiger partial charge in [-0.2, -0.15) is 0 Å². The molecule has 1 N–H and O–H groups in total. The molecule has 24 heavy (non-hydrogen) atoms. The number of carbonyl (C=O) groups excluding carboxylic acids is 1. The molecule has 0 bridgehead atoms. The van der Waals surface area contributed by atoms with E-state index in [1.165, 1.54) is 11.3 Å². The standard InChI is InChI=1S/C18H20N2O3S/c1-18(2,3)17-19-14(10-24-17)15(21)20-8-11-6-4-5-7-12(11)13(9-20)16(22)23/h4-7,10,13H,8-9H2,1-3H3,(H,22,23). The lowest BCUT2D eigenvalue weighted by Gasteiger charge is -2.32. The molecular weight excluding hydrogens is 324 g/mol. The minimum atomic E-state index is -0.909. The van der Waals surface area contributed by atoms with E-state index in [1.54, 1.807) is 10.3 Å². The Hall–Kier alpha value is -2.21. The summed E-state index contributed by atoms with van der Waals surface area (Å²) in [6.07, 6.45) is 0. The van der Waals surface area contributed by atoms with Gasteiger partial charge in [0.1, 0.15) is 5.69 Å². The van der Waals surface area contributed by atoms with Crippen LogP contribution in [0.5, 0.6) is 0 Å². The second-order valence-corrected chi connectivity index (χ2v) is 7.92. The van der Waals surface area contributed by atoms with E-state index < -0.39 is 11.9 Å². The van der Waals surface area contributed by atoms with E-state index in [2.05, 4.69) is 25.8 Å². The van der Waals surface area contributed by atoms with Crippen LogP contribution in [0.4, 0.5) is 0 Å². The summed E-state index contributed by atoms with van der Waals surface area (Å²) >= 11 is 1.47. The number of carboxylic acid groups (broad SMARTS) is 1. The highest BCUT2D eigenvalue weighted by molar-refractivity contribution is 7.10. The first-order valence-corrected chi connectivity index (χ1v) is 8.71. The van der Waals surface area contributed by atoms with E-state index >= 15 is 0 Å². The van der Waals surface area contributed by atoms with Gasteiger partial charge >= 0.3 is 5.97 Å². The molecule has 0 fully saturated rings. The van der Waals surface area contributed by atoms with E-state index in [9.17, 15) is 14.7 Å². The highest BCUT2D eigenvalue weighted by Gasteiger charge is 2.33. The highest BCUT2D eigenvalue weighted by atomic mass is 32.1. The van der Waals surface area contributed by atoms with Gasteiger partial charge in [0.15, 0.2) is 0 Å². The van der Waals surface area contributed by atoms with Crippen LogP contribution < -0.4 is 0 Å². The Bertz CT molecular complexity index is 792. The molecule has 1 aromatic heterocycles. The maximum absolute atomic E-state index is 12.8. The van der Waals surface area contributed by atoms with Crippen molar-refractivity contribution < 1.29 is 14.7 Å². The van der Waals surface area contributed by atoms with Crippen molar-refractivity contribution in [2.24, 2.45) is 0 Å². The first-order valence-electron chi connectivity index (χ1n) is 7.83. The van der Waals surface area contributed by atoms with Crippen LogP contribution in [0.2, 0.25) is 0 Å². The molecule has 1 aromatic carbocycles. The summed E-state index contributed by atoms with van der Waals surface area (Å²) in [6.45, 7) is 6.75. The van der Waals surface area contributed by atoms with Gasteiger partial charge in [-0.3, -0.25) is 9.59 Å². The monoisotopic (exact) mass is 344 g/mol. The summed E-state index contributed by atoms with van der Waals surface area (Å²) in [6, 6.07) is 7.41. The first kappa shape index (κ1) is 16.6. The van der Waals surface area contributed by atoms with Crippen LogP contribution in [0.25, 0.3) is 0 Å². The van der Waals surface area contributed by atoms with Crippen LogP contribution >= 0.6 is 11.3 Å². The number of aromatic nitrogens is 1. The summed E-state index contributed by atoms with van der Waals surface area (Å²) in [7, 11) is 0. The van der Waals surface area contributed by atoms with E-state index in [0.29, 0.717) is 12.2 Å². The Morgan fingerprint density at radius 3 is 2.62 bits per heavy atom. The van der Waals surface area contributed by atoms with Crippen molar-refractivity contribution in [1.29, 1.82) is 0 Å². The summed E-state index contributed by atoms with van der Waals surface area (Å²) < 4.78 is 0. The fourth-order valence-corrected chi connectivity index (χ4v) is 3.73. The molecule has 1 aliphatic rings. The fraction of sp³-hybridized carbons (Fsp3) is 0.389. The number of carbonyl (C=O) groups is 2. The summed E-state index contributed by atoms with van der Waals surface area (Å²) in [4.78, 5) is 30.4. The van der Waals surface area contributed by atoms with Crippen LogP contribution in [0, 0.1) is 0 Å². The lowest BCUT2D eigenvalue weighted by atomic mass is 9.89. The molecule has 126 valence electrons. The van der Waals surface area contributed by atoms with Gasteiger partial charge in [-0.25, -0.2) is 4.98 Å². The van der Waals surface area contributed by atoms with Crippen LogP contribution in [-0.4, -0.2) is 33.4 Å². The van der Waals surface area contributed by atoms with Crippen LogP contribution in [0.15, 0.2) is 29.6 Å². The molecule has 0 radical (unpaired) electrons. The van der Waals surface area contributed by atoms with E-state index in [4.69, 9.17) is 0 Å². The Morgan fingerprint density at radius 2 is 2.00 bits per heavy atom. The molecular formula is C18H20N2O3S. The molecule has 2 heterocycles. The molecule has 2 aromatic rings. The Balaban J connectivity index is 1.89. The van der Waals surface area contributed by atoms with Gasteiger partial charge in [-0.1, -0.05) is 45.0 Å². The van der Waals surface area contributed by atoms with E-state index in [1.807, 2.05) is 24.3 Å². The molecule has 0 aliphatic carbocycles. The Kier molecular flexibility index (Phi) is 4.17. The molecule has 6 heteroatoms. The van der Waals surface area contributed by atoms with Gasteiger partial charge in [0.05, 0.1) is 10.9 Å². The lowest BCUT2D eigenvalue weighted by molar-refractivity contribution is -0.139. The number of carboxylic acids is 1. The molecule has 1 atom stereocenters. The Morgan fingerprint density at radius 1 is 1.29 bits per heavy atom. The molecule has 5 nitrogen and oxygen atoms in total. The largest absolute Gasteiger partial charge is 0.481 e. The van der Waals surface area contributed by atoms with Crippen LogP contribution in [0.3, 0.4) is 0 Å². The summed E-state index contributed by atoms with van der Waals surface area (Å²) in [5.41, 5.74) is 1.97. The third-order valence-electron chi connectivity index (χ3n) is 4.14. The molecule has 0 saturated carbocycles. The van der Waals surface area contributed by atoms with Crippen molar-refractivity contribution in [1.82, 2.24) is 9.88 Å². The molecule has 1 unspecified atom stereocenters. The molecule has 1 aliphatic heterocycles. The third-order valence-corrected chi connectivity index (χ3v) is 5.41. The molecule has 3 rings (SSSR count). The number of benzene rings is 1. The minimum Gasteiger partial charge on any atom is -0.481 e. The Labute approximate surface area is 145 Å². The molecule has 0 saturated heterocycles. The van der Waals surface area contributed by atoms with Crippen molar-refractivity contribution in [3.63, 3.8) is 0 Å². The van der Waals surface area contributed by atoms with E-state index in [-0.39, 0.29) is 17.9 Å². The normalized spacial score (nSPS) is 17.5. The second kappa shape index (κ2) is 6.02. The maximum atomic E-state index is 12.8. The summed E-state index contributed by atoms with van der Waals surface area (Å²) in [5, 5.41) is 12.2. The molecule has 0 spiro atoms. The number of amides is 1. The summed E-state index contributed by atoms with van der Waals surface area (Å²) in [5.74, 6) is -1.81. The number of nitrogens with zero attached hydrogens (tertiary/aromatic N) is 2. The van der Waals surface area contributed by atoms with Crippen LogP contribution in [-0.2, 0) is 16.8 Å². The van der Waals surface area contributed by atoms with Crippen LogP contribution in [0.1, 0.15) is 53.3 Å². The molecule has 1 amide bonds. The van der Waals surface area contributed by atoms with Crippen molar-refractivity contribution in [3.05, 3.63) is 51.5 Å². The van der Waals surface area contributed by atoms with Gasteiger partial charge in [0, 0.05) is 23.9 Å². The number of fused-ring (bicyclic) bond motifs is 1. The first-order chi connectivity index (χ1) is 11.3. The second-order valence-electron chi connectivity index (χ2n) is 7.06. The SMILES string of the molecule is CC(C)(C)c1nc(C(=O)N2Cc3ccccc3C(C(=O)O)C2)cs1. The van der Waals surface area contributed by atoms with Gasteiger partial charge in [0.25, 0.3) is 5.91 Å². The number of rotatable bonds is 2. The fourth-order valence-electron chi connectivity index (χ4n) is 2.85. The average molecular weight is 344 g/mol. The van der Waals surface area contributed by atoms with Crippen molar-refractivity contribution in [3.8, 4) is 0 Å². The predicted octanol–water partition coefficient (Wildman–Crippen LogP) is 3.26. The van der Waals surface area contributed by atoms with Gasteiger partial charge in [0.2, 0.25) is 0 Å². The quantitative estimate of drug-likeness (QED) is 0.908. The zero-order valence-electron chi connectivity index (χ0n) is 13.9. The highest BCUT2D eigenvalue weighted by Crippen LogP contribution is 2.31. The number of thiazole rings is 1. The zero-order chi connectivity index (χ0) is 17.5. The van der Waals surface area contributed by atoms with Crippen molar-refractivity contribution >= 4 is 23.2 Å². The van der Waals surface area contributed by atoms with Gasteiger partial charge < -0.3 is 10.0 Å². The van der Waals surface area contributed by atoms with Crippen molar-refractivity contribution in [2.45, 2.75) is 38.6 Å².